The third-order valence-corrected chi connectivity index (χ3v) is 5.80. The smallest absolute Gasteiger partial charge is 0.261 e. The number of carbonyl (C=O) groups is 1. The van der Waals surface area contributed by atoms with Gasteiger partial charge in [-0.05, 0) is 66.9 Å². The molecular formula is C26H26N2O4. The molecule has 3 aromatic carbocycles. The molecule has 1 fully saturated rings. The number of hydrogen-bond donors (Lipinski definition) is 1. The van der Waals surface area contributed by atoms with Crippen LogP contribution < -0.4 is 19.5 Å². The summed E-state index contributed by atoms with van der Waals surface area (Å²) in [5, 5.41) is 3.34. The molecule has 0 bridgehead atoms. The minimum Gasteiger partial charge on any atom is -0.486 e. The molecule has 6 nitrogen and oxygen atoms in total. The molecule has 0 aromatic heterocycles. The summed E-state index contributed by atoms with van der Waals surface area (Å²) in [5.74, 6) is 2.19. The van der Waals surface area contributed by atoms with Gasteiger partial charge in [0, 0.05) is 17.9 Å². The van der Waals surface area contributed by atoms with Crippen molar-refractivity contribution in [1.82, 2.24) is 4.90 Å². The first-order valence-corrected chi connectivity index (χ1v) is 11.0. The average Bonchev–Trinajstić information content (AvgIpc) is 3.34. The Kier molecular flexibility index (Phi) is 5.83. The number of likely N-dealkylation sites (tertiary alicyclic amines) is 1. The van der Waals surface area contributed by atoms with E-state index in [4.69, 9.17) is 14.2 Å². The fourth-order valence-corrected chi connectivity index (χ4v) is 4.23. The van der Waals surface area contributed by atoms with Gasteiger partial charge >= 0.3 is 0 Å². The number of anilines is 2. The van der Waals surface area contributed by atoms with E-state index in [2.05, 4.69) is 5.32 Å². The highest BCUT2D eigenvalue weighted by Gasteiger charge is 2.31. The summed E-state index contributed by atoms with van der Waals surface area (Å²) < 4.78 is 17.1. The minimum atomic E-state index is -0.00567. The van der Waals surface area contributed by atoms with Crippen molar-refractivity contribution in [3.63, 3.8) is 0 Å². The fraction of sp³-hybridized carbons (Fsp3) is 0.269. The number of fused-ring (bicyclic) bond motifs is 1. The molecule has 2 aliphatic rings. The summed E-state index contributed by atoms with van der Waals surface area (Å²) in [6, 6.07) is 23.6. The first-order valence-electron chi connectivity index (χ1n) is 11.0. The number of rotatable bonds is 6. The minimum absolute atomic E-state index is 0.00567. The third kappa shape index (κ3) is 4.49. The summed E-state index contributed by atoms with van der Waals surface area (Å²) in [4.78, 5) is 14.8. The maximum Gasteiger partial charge on any atom is 0.261 e. The van der Waals surface area contributed by atoms with Crippen LogP contribution in [0.1, 0.15) is 24.4 Å². The molecule has 5 rings (SSSR count). The van der Waals surface area contributed by atoms with Crippen LogP contribution in [0.5, 0.6) is 17.2 Å². The van der Waals surface area contributed by atoms with Crippen LogP contribution in [0.3, 0.4) is 0 Å². The number of para-hydroxylation sites is 1. The van der Waals surface area contributed by atoms with Crippen molar-refractivity contribution in [2.24, 2.45) is 0 Å². The number of nitrogens with one attached hydrogen (secondary N) is 1. The second-order valence-corrected chi connectivity index (χ2v) is 7.95. The summed E-state index contributed by atoms with van der Waals surface area (Å²) in [5.41, 5.74) is 3.07. The van der Waals surface area contributed by atoms with Gasteiger partial charge in [-0.25, -0.2) is 0 Å². The van der Waals surface area contributed by atoms with Gasteiger partial charge in [0.05, 0.1) is 6.04 Å². The van der Waals surface area contributed by atoms with E-state index in [9.17, 15) is 4.79 Å². The fourth-order valence-electron chi connectivity index (χ4n) is 4.23. The average molecular weight is 431 g/mol. The zero-order chi connectivity index (χ0) is 21.8. The highest BCUT2D eigenvalue weighted by Crippen LogP contribution is 2.38. The Labute approximate surface area is 187 Å². The Balaban J connectivity index is 1.19. The van der Waals surface area contributed by atoms with Gasteiger partial charge in [-0.3, -0.25) is 4.79 Å². The van der Waals surface area contributed by atoms with Gasteiger partial charge in [0.2, 0.25) is 0 Å². The number of hydrogen-bond acceptors (Lipinski definition) is 5. The monoisotopic (exact) mass is 430 g/mol. The van der Waals surface area contributed by atoms with Crippen molar-refractivity contribution < 1.29 is 19.0 Å². The Morgan fingerprint density at radius 3 is 2.50 bits per heavy atom. The molecule has 0 radical (unpaired) electrons. The third-order valence-electron chi connectivity index (χ3n) is 5.80. The van der Waals surface area contributed by atoms with Crippen LogP contribution in [0.25, 0.3) is 0 Å². The molecule has 1 atom stereocenters. The molecule has 3 aromatic rings. The molecule has 32 heavy (non-hydrogen) atoms. The molecule has 2 heterocycles. The zero-order valence-electron chi connectivity index (χ0n) is 17.8. The highest BCUT2D eigenvalue weighted by atomic mass is 16.6. The molecule has 1 unspecified atom stereocenters. The number of amides is 1. The molecule has 6 heteroatoms. The van der Waals surface area contributed by atoms with Crippen molar-refractivity contribution in [1.29, 1.82) is 0 Å². The van der Waals surface area contributed by atoms with Crippen LogP contribution in [0.15, 0.2) is 72.8 Å². The number of ether oxygens (including phenoxy) is 3. The first kappa shape index (κ1) is 20.2. The van der Waals surface area contributed by atoms with E-state index in [1.807, 2.05) is 77.7 Å². The van der Waals surface area contributed by atoms with E-state index in [1.165, 1.54) is 0 Å². The highest BCUT2D eigenvalue weighted by molar-refractivity contribution is 5.78. The molecular weight excluding hydrogens is 404 g/mol. The van der Waals surface area contributed by atoms with Crippen LogP contribution in [0.4, 0.5) is 11.4 Å². The molecule has 164 valence electrons. The standard InChI is InChI=1S/C26H26N2O4/c29-26(18-32-22-11-9-21(10-12-22)27-20-5-2-1-3-6-20)28-14-4-7-23(28)19-8-13-24-25(17-19)31-16-15-30-24/h1-3,5-6,8-13,17,23,27H,4,7,14-16,18H2. The quantitative estimate of drug-likeness (QED) is 0.600. The lowest BCUT2D eigenvalue weighted by Crippen LogP contribution is -2.34. The van der Waals surface area contributed by atoms with E-state index in [0.29, 0.717) is 19.0 Å². The molecule has 0 spiro atoms. The van der Waals surface area contributed by atoms with Gasteiger partial charge in [-0.15, -0.1) is 0 Å². The van der Waals surface area contributed by atoms with Crippen molar-refractivity contribution in [2.45, 2.75) is 18.9 Å². The topological polar surface area (TPSA) is 60.0 Å². The molecule has 0 saturated carbocycles. The molecule has 1 saturated heterocycles. The van der Waals surface area contributed by atoms with Gasteiger partial charge < -0.3 is 24.4 Å². The largest absolute Gasteiger partial charge is 0.486 e. The Bertz CT molecular complexity index is 1070. The van der Waals surface area contributed by atoms with Crippen LogP contribution in [-0.4, -0.2) is 37.2 Å². The van der Waals surface area contributed by atoms with Crippen LogP contribution >= 0.6 is 0 Å². The number of nitrogens with zero attached hydrogens (tertiary/aromatic N) is 1. The van der Waals surface area contributed by atoms with Crippen molar-refractivity contribution in [2.75, 3.05) is 31.7 Å². The molecule has 2 aliphatic heterocycles. The van der Waals surface area contributed by atoms with Crippen LogP contribution in [0.2, 0.25) is 0 Å². The number of benzene rings is 3. The number of carbonyl (C=O) groups excluding carboxylic acids is 1. The van der Waals surface area contributed by atoms with E-state index >= 15 is 0 Å². The maximum absolute atomic E-state index is 12.9. The normalized spacial score (nSPS) is 17.1. The summed E-state index contributed by atoms with van der Waals surface area (Å²) in [7, 11) is 0. The first-order chi connectivity index (χ1) is 15.8. The van der Waals surface area contributed by atoms with E-state index in [1.54, 1.807) is 0 Å². The van der Waals surface area contributed by atoms with E-state index in [-0.39, 0.29) is 18.6 Å². The zero-order valence-corrected chi connectivity index (χ0v) is 17.8. The predicted molar refractivity (Wildman–Crippen MR) is 123 cm³/mol. The maximum atomic E-state index is 12.9. The lowest BCUT2D eigenvalue weighted by molar-refractivity contribution is -0.134. The Morgan fingerprint density at radius 2 is 1.69 bits per heavy atom. The van der Waals surface area contributed by atoms with Gasteiger partial charge in [-0.2, -0.15) is 0 Å². The lowest BCUT2D eigenvalue weighted by Gasteiger charge is -2.26. The SMILES string of the molecule is O=C(COc1ccc(Nc2ccccc2)cc1)N1CCCC1c1ccc2c(c1)OCCO2. The lowest BCUT2D eigenvalue weighted by atomic mass is 10.0. The second-order valence-electron chi connectivity index (χ2n) is 7.95. The van der Waals surface area contributed by atoms with Crippen LogP contribution in [0, 0.1) is 0 Å². The van der Waals surface area contributed by atoms with Gasteiger partial charge in [0.15, 0.2) is 18.1 Å². The van der Waals surface area contributed by atoms with Gasteiger partial charge in [-0.1, -0.05) is 24.3 Å². The Morgan fingerprint density at radius 1 is 0.938 bits per heavy atom. The van der Waals surface area contributed by atoms with Crippen molar-refractivity contribution >= 4 is 17.3 Å². The van der Waals surface area contributed by atoms with Gasteiger partial charge in [0.25, 0.3) is 5.91 Å². The molecule has 1 amide bonds. The second kappa shape index (κ2) is 9.22. The Hall–Kier alpha value is -3.67. The van der Waals surface area contributed by atoms with Crippen molar-refractivity contribution in [3.8, 4) is 17.2 Å². The summed E-state index contributed by atoms with van der Waals surface area (Å²) in [6.45, 7) is 1.88. The summed E-state index contributed by atoms with van der Waals surface area (Å²) in [6.07, 6.45) is 1.91. The summed E-state index contributed by atoms with van der Waals surface area (Å²) >= 11 is 0. The predicted octanol–water partition coefficient (Wildman–Crippen LogP) is 4.94. The van der Waals surface area contributed by atoms with Crippen molar-refractivity contribution in [3.05, 3.63) is 78.4 Å². The van der Waals surface area contributed by atoms with Gasteiger partial charge in [0.1, 0.15) is 19.0 Å². The van der Waals surface area contributed by atoms with Crippen LogP contribution in [-0.2, 0) is 4.79 Å². The van der Waals surface area contributed by atoms with E-state index < -0.39 is 0 Å². The molecule has 1 N–H and O–H groups in total. The molecule has 0 aliphatic carbocycles. The van der Waals surface area contributed by atoms with E-state index in [0.717, 1.165) is 47.8 Å².